The molecule has 0 aliphatic heterocycles. The van der Waals surface area contributed by atoms with Gasteiger partial charge in [0.15, 0.2) is 16.4 Å². The highest BCUT2D eigenvalue weighted by atomic mass is 35.5. The standard InChI is InChI=1S/C22H21Cl2NO5S/c1-12-16(9-14-5-6-15(10-18(14)24)31(4,27)28)13(2)25-22-17(23)7-8-19(21(12)22)30-11-20(26)29-3/h5-8,10H,9,11H2,1-4H3. The summed E-state index contributed by atoms with van der Waals surface area (Å²) in [5, 5.41) is 1.52. The van der Waals surface area contributed by atoms with Crippen molar-refractivity contribution in [1.82, 2.24) is 4.98 Å². The van der Waals surface area contributed by atoms with Crippen molar-refractivity contribution < 1.29 is 22.7 Å². The molecule has 0 amide bonds. The minimum atomic E-state index is -3.35. The van der Waals surface area contributed by atoms with Gasteiger partial charge in [-0.2, -0.15) is 0 Å². The Kier molecular flexibility index (Phi) is 6.79. The van der Waals surface area contributed by atoms with Crippen LogP contribution >= 0.6 is 23.2 Å². The molecule has 31 heavy (non-hydrogen) atoms. The number of aryl methyl sites for hydroxylation is 2. The van der Waals surface area contributed by atoms with E-state index < -0.39 is 15.8 Å². The van der Waals surface area contributed by atoms with Crippen LogP contribution in [0.3, 0.4) is 0 Å². The van der Waals surface area contributed by atoms with E-state index in [1.54, 1.807) is 18.2 Å². The Balaban J connectivity index is 2.10. The van der Waals surface area contributed by atoms with E-state index in [-0.39, 0.29) is 11.5 Å². The third-order valence-corrected chi connectivity index (χ3v) is 6.79. The summed E-state index contributed by atoms with van der Waals surface area (Å²) in [5.41, 5.74) is 3.89. The number of rotatable bonds is 6. The van der Waals surface area contributed by atoms with Crippen LogP contribution in [0.25, 0.3) is 10.9 Å². The maximum atomic E-state index is 11.8. The lowest BCUT2D eigenvalue weighted by atomic mass is 9.95. The number of hydrogen-bond acceptors (Lipinski definition) is 6. The number of benzene rings is 2. The Labute approximate surface area is 191 Å². The molecule has 0 fully saturated rings. The first-order chi connectivity index (χ1) is 14.5. The molecule has 3 rings (SSSR count). The van der Waals surface area contributed by atoms with Gasteiger partial charge in [-0.15, -0.1) is 0 Å². The van der Waals surface area contributed by atoms with Crippen LogP contribution in [0.5, 0.6) is 5.75 Å². The number of carbonyl (C=O) groups is 1. The van der Waals surface area contributed by atoms with Crippen molar-refractivity contribution in [3.8, 4) is 5.75 Å². The molecule has 0 N–H and O–H groups in total. The van der Waals surface area contributed by atoms with Crippen LogP contribution in [-0.2, 0) is 25.8 Å². The predicted molar refractivity (Wildman–Crippen MR) is 121 cm³/mol. The summed E-state index contributed by atoms with van der Waals surface area (Å²) >= 11 is 12.8. The van der Waals surface area contributed by atoms with Gasteiger partial charge in [0.2, 0.25) is 0 Å². The molecule has 0 aliphatic rings. The maximum absolute atomic E-state index is 11.8. The Hall–Kier alpha value is -2.35. The van der Waals surface area contributed by atoms with Crippen LogP contribution in [0.4, 0.5) is 0 Å². The van der Waals surface area contributed by atoms with Crippen molar-refractivity contribution >= 4 is 49.9 Å². The van der Waals surface area contributed by atoms with Crippen molar-refractivity contribution in [2.75, 3.05) is 20.0 Å². The zero-order chi connectivity index (χ0) is 22.9. The minimum absolute atomic E-state index is 0.164. The molecule has 1 aromatic heterocycles. The van der Waals surface area contributed by atoms with E-state index in [9.17, 15) is 13.2 Å². The van der Waals surface area contributed by atoms with Gasteiger partial charge in [0, 0.05) is 28.8 Å². The van der Waals surface area contributed by atoms with Gasteiger partial charge in [-0.3, -0.25) is 4.98 Å². The molecule has 2 aromatic carbocycles. The molecule has 164 valence electrons. The fourth-order valence-corrected chi connectivity index (χ4v) is 4.50. The number of pyridine rings is 1. The summed E-state index contributed by atoms with van der Waals surface area (Å²) in [6.45, 7) is 3.56. The highest BCUT2D eigenvalue weighted by molar-refractivity contribution is 7.90. The van der Waals surface area contributed by atoms with E-state index in [0.29, 0.717) is 33.1 Å². The number of sulfone groups is 1. The van der Waals surface area contributed by atoms with Crippen molar-refractivity contribution in [3.63, 3.8) is 0 Å². The van der Waals surface area contributed by atoms with Crippen LogP contribution in [0.2, 0.25) is 10.0 Å². The lowest BCUT2D eigenvalue weighted by Crippen LogP contribution is -2.13. The Morgan fingerprint density at radius 1 is 1.10 bits per heavy atom. The minimum Gasteiger partial charge on any atom is -0.481 e. The Morgan fingerprint density at radius 2 is 1.81 bits per heavy atom. The predicted octanol–water partition coefficient (Wildman–Crippen LogP) is 4.70. The number of halogens is 2. The molecule has 0 saturated heterocycles. The maximum Gasteiger partial charge on any atom is 0.343 e. The second kappa shape index (κ2) is 9.02. The fraction of sp³-hybridized carbons (Fsp3) is 0.273. The fourth-order valence-electron chi connectivity index (χ4n) is 3.35. The van der Waals surface area contributed by atoms with Crippen LogP contribution < -0.4 is 4.74 Å². The molecule has 0 radical (unpaired) electrons. The molecule has 0 unspecified atom stereocenters. The summed E-state index contributed by atoms with van der Waals surface area (Å²) in [6.07, 6.45) is 1.58. The monoisotopic (exact) mass is 481 g/mol. The van der Waals surface area contributed by atoms with E-state index in [4.69, 9.17) is 27.9 Å². The van der Waals surface area contributed by atoms with Gasteiger partial charge in [0.25, 0.3) is 0 Å². The van der Waals surface area contributed by atoms with Crippen molar-refractivity contribution in [2.24, 2.45) is 0 Å². The number of fused-ring (bicyclic) bond motifs is 1. The molecule has 0 saturated carbocycles. The SMILES string of the molecule is COC(=O)COc1ccc(Cl)c2nc(C)c(Cc3ccc(S(C)(=O)=O)cc3Cl)c(C)c12. The number of ether oxygens (including phenoxy) is 2. The number of aromatic nitrogens is 1. The van der Waals surface area contributed by atoms with E-state index in [0.717, 1.165) is 28.6 Å². The van der Waals surface area contributed by atoms with Gasteiger partial charge in [-0.1, -0.05) is 29.3 Å². The van der Waals surface area contributed by atoms with E-state index in [1.807, 2.05) is 13.8 Å². The first-order valence-corrected chi connectivity index (χ1v) is 11.9. The van der Waals surface area contributed by atoms with Crippen LogP contribution in [0.1, 0.15) is 22.4 Å². The van der Waals surface area contributed by atoms with Crippen molar-refractivity contribution in [1.29, 1.82) is 0 Å². The molecular formula is C22H21Cl2NO5S. The van der Waals surface area contributed by atoms with Gasteiger partial charge < -0.3 is 9.47 Å². The number of carbonyl (C=O) groups excluding carboxylic acids is 1. The van der Waals surface area contributed by atoms with Crippen LogP contribution in [0.15, 0.2) is 35.2 Å². The molecule has 9 heteroatoms. The van der Waals surface area contributed by atoms with Gasteiger partial charge >= 0.3 is 5.97 Å². The molecular weight excluding hydrogens is 461 g/mol. The quantitative estimate of drug-likeness (QED) is 0.474. The largest absolute Gasteiger partial charge is 0.481 e. The van der Waals surface area contributed by atoms with E-state index in [2.05, 4.69) is 9.72 Å². The Morgan fingerprint density at radius 3 is 2.42 bits per heavy atom. The molecule has 0 spiro atoms. The number of methoxy groups -OCH3 is 1. The molecule has 3 aromatic rings. The van der Waals surface area contributed by atoms with Gasteiger partial charge in [-0.25, -0.2) is 13.2 Å². The average molecular weight is 482 g/mol. The van der Waals surface area contributed by atoms with Crippen molar-refractivity contribution in [2.45, 2.75) is 25.2 Å². The average Bonchev–Trinajstić information content (AvgIpc) is 2.70. The molecule has 1 heterocycles. The summed E-state index contributed by atoms with van der Waals surface area (Å²) in [4.78, 5) is 16.3. The molecule has 6 nitrogen and oxygen atoms in total. The molecule has 0 atom stereocenters. The summed E-state index contributed by atoms with van der Waals surface area (Å²) in [6, 6.07) is 8.05. The van der Waals surface area contributed by atoms with E-state index >= 15 is 0 Å². The first-order valence-electron chi connectivity index (χ1n) is 9.29. The summed E-state index contributed by atoms with van der Waals surface area (Å²) < 4.78 is 33.9. The third kappa shape index (κ3) is 4.95. The molecule has 0 aliphatic carbocycles. The third-order valence-electron chi connectivity index (χ3n) is 5.03. The first kappa shape index (κ1) is 23.3. The highest BCUT2D eigenvalue weighted by Crippen LogP contribution is 2.36. The lowest BCUT2D eigenvalue weighted by molar-refractivity contribution is -0.142. The van der Waals surface area contributed by atoms with Crippen LogP contribution in [-0.4, -0.2) is 39.3 Å². The molecule has 0 bridgehead atoms. The number of hydrogen-bond donors (Lipinski definition) is 0. The summed E-state index contributed by atoms with van der Waals surface area (Å²) in [5.74, 6) is -0.0339. The summed E-state index contributed by atoms with van der Waals surface area (Å²) in [7, 11) is -2.06. The van der Waals surface area contributed by atoms with Gasteiger partial charge in [-0.05, 0) is 54.8 Å². The normalized spacial score (nSPS) is 11.5. The van der Waals surface area contributed by atoms with Gasteiger partial charge in [0.05, 0.1) is 22.5 Å². The zero-order valence-electron chi connectivity index (χ0n) is 17.5. The number of nitrogens with zero attached hydrogens (tertiary/aromatic N) is 1. The smallest absolute Gasteiger partial charge is 0.343 e. The van der Waals surface area contributed by atoms with Gasteiger partial charge in [0.1, 0.15) is 5.75 Å². The lowest BCUT2D eigenvalue weighted by Gasteiger charge is -2.17. The highest BCUT2D eigenvalue weighted by Gasteiger charge is 2.18. The van der Waals surface area contributed by atoms with Crippen molar-refractivity contribution in [3.05, 3.63) is 62.8 Å². The second-order valence-electron chi connectivity index (χ2n) is 7.14. The van der Waals surface area contributed by atoms with Crippen LogP contribution in [0, 0.1) is 13.8 Å². The zero-order valence-corrected chi connectivity index (χ0v) is 19.8. The number of esters is 1. The van der Waals surface area contributed by atoms with E-state index in [1.165, 1.54) is 19.2 Å². The second-order valence-corrected chi connectivity index (χ2v) is 9.97. The topological polar surface area (TPSA) is 82.6 Å². The Bertz CT molecular complexity index is 1290.